The third kappa shape index (κ3) is 4.95. The van der Waals surface area contributed by atoms with E-state index in [1.165, 1.54) is 42.4 Å². The molecular weight excluding hydrogens is 320 g/mol. The standard InChI is InChI=1S/C23H30N2O/c1-18-7-11-20(12-8-18)22(25-15-5-3-4-6-16-25)17-24-23(26)21-13-9-19(2)10-14-21/h7-14,22H,3-6,15-17H2,1-2H3,(H,24,26)/t22-/m0/s1. The van der Waals surface area contributed by atoms with Gasteiger partial charge in [0, 0.05) is 12.1 Å². The molecule has 0 aromatic heterocycles. The van der Waals surface area contributed by atoms with E-state index in [0.717, 1.165) is 18.7 Å². The Morgan fingerprint density at radius 3 is 2.00 bits per heavy atom. The van der Waals surface area contributed by atoms with E-state index in [1.807, 2.05) is 31.2 Å². The number of carbonyl (C=O) groups excluding carboxylic acids is 1. The normalized spacial score (nSPS) is 16.7. The zero-order valence-electron chi connectivity index (χ0n) is 16.0. The number of benzene rings is 2. The lowest BCUT2D eigenvalue weighted by Gasteiger charge is -2.31. The molecule has 1 aliphatic heterocycles. The molecule has 1 aliphatic rings. The van der Waals surface area contributed by atoms with Crippen LogP contribution in [0.2, 0.25) is 0 Å². The first-order chi connectivity index (χ1) is 12.6. The van der Waals surface area contributed by atoms with Crippen LogP contribution in [0.5, 0.6) is 0 Å². The van der Waals surface area contributed by atoms with Gasteiger partial charge in [0.25, 0.3) is 5.91 Å². The molecule has 0 spiro atoms. The number of amides is 1. The monoisotopic (exact) mass is 350 g/mol. The van der Waals surface area contributed by atoms with Crippen LogP contribution in [0.25, 0.3) is 0 Å². The van der Waals surface area contributed by atoms with E-state index in [2.05, 4.69) is 41.4 Å². The highest BCUT2D eigenvalue weighted by Gasteiger charge is 2.22. The minimum Gasteiger partial charge on any atom is -0.350 e. The number of hydrogen-bond donors (Lipinski definition) is 1. The van der Waals surface area contributed by atoms with E-state index in [0.29, 0.717) is 6.54 Å². The van der Waals surface area contributed by atoms with Gasteiger partial charge in [-0.3, -0.25) is 9.69 Å². The Morgan fingerprint density at radius 2 is 1.42 bits per heavy atom. The van der Waals surface area contributed by atoms with Gasteiger partial charge in [-0.05, 0) is 57.5 Å². The summed E-state index contributed by atoms with van der Waals surface area (Å²) in [5, 5.41) is 3.17. The molecular formula is C23H30N2O. The Labute approximate surface area is 157 Å². The Bertz CT molecular complexity index is 698. The molecule has 0 unspecified atom stereocenters. The van der Waals surface area contributed by atoms with Gasteiger partial charge in [0.05, 0.1) is 6.04 Å². The summed E-state index contributed by atoms with van der Waals surface area (Å²) in [6.07, 6.45) is 5.11. The third-order valence-electron chi connectivity index (χ3n) is 5.31. The number of carbonyl (C=O) groups is 1. The van der Waals surface area contributed by atoms with E-state index in [4.69, 9.17) is 0 Å². The first-order valence-corrected chi connectivity index (χ1v) is 9.79. The fraction of sp³-hybridized carbons (Fsp3) is 0.435. The van der Waals surface area contributed by atoms with E-state index in [1.54, 1.807) is 0 Å². The smallest absolute Gasteiger partial charge is 0.251 e. The van der Waals surface area contributed by atoms with Crippen molar-refractivity contribution in [2.24, 2.45) is 0 Å². The minimum absolute atomic E-state index is 0.0110. The highest BCUT2D eigenvalue weighted by molar-refractivity contribution is 5.94. The lowest BCUT2D eigenvalue weighted by atomic mass is 10.0. The molecule has 2 aromatic carbocycles. The summed E-state index contributed by atoms with van der Waals surface area (Å²) in [6, 6.07) is 16.8. The van der Waals surface area contributed by atoms with E-state index < -0.39 is 0 Å². The van der Waals surface area contributed by atoms with Gasteiger partial charge >= 0.3 is 0 Å². The predicted molar refractivity (Wildman–Crippen MR) is 107 cm³/mol. The highest BCUT2D eigenvalue weighted by Crippen LogP contribution is 2.24. The Morgan fingerprint density at radius 1 is 0.885 bits per heavy atom. The number of hydrogen-bond acceptors (Lipinski definition) is 2. The molecule has 0 aliphatic carbocycles. The molecule has 3 heteroatoms. The van der Waals surface area contributed by atoms with Crippen molar-refractivity contribution in [1.82, 2.24) is 10.2 Å². The maximum atomic E-state index is 12.6. The summed E-state index contributed by atoms with van der Waals surface area (Å²) in [4.78, 5) is 15.1. The van der Waals surface area contributed by atoms with E-state index in [-0.39, 0.29) is 11.9 Å². The summed E-state index contributed by atoms with van der Waals surface area (Å²) < 4.78 is 0. The first-order valence-electron chi connectivity index (χ1n) is 9.79. The zero-order valence-corrected chi connectivity index (χ0v) is 16.0. The van der Waals surface area contributed by atoms with Crippen LogP contribution in [0, 0.1) is 13.8 Å². The lowest BCUT2D eigenvalue weighted by molar-refractivity contribution is 0.0933. The SMILES string of the molecule is Cc1ccc(C(=O)NC[C@@H](c2ccc(C)cc2)N2CCCCCC2)cc1. The van der Waals surface area contributed by atoms with Gasteiger partial charge in [0.2, 0.25) is 0 Å². The Hall–Kier alpha value is -2.13. The summed E-state index contributed by atoms with van der Waals surface area (Å²) >= 11 is 0. The van der Waals surface area contributed by atoms with Gasteiger partial charge < -0.3 is 5.32 Å². The number of likely N-dealkylation sites (tertiary alicyclic amines) is 1. The molecule has 1 N–H and O–H groups in total. The second-order valence-electron chi connectivity index (χ2n) is 7.45. The molecule has 1 amide bonds. The maximum absolute atomic E-state index is 12.6. The van der Waals surface area contributed by atoms with Crippen molar-refractivity contribution in [2.75, 3.05) is 19.6 Å². The van der Waals surface area contributed by atoms with E-state index in [9.17, 15) is 4.79 Å². The lowest BCUT2D eigenvalue weighted by Crippen LogP contribution is -2.38. The van der Waals surface area contributed by atoms with Crippen molar-refractivity contribution < 1.29 is 4.79 Å². The molecule has 26 heavy (non-hydrogen) atoms. The topological polar surface area (TPSA) is 32.3 Å². The zero-order chi connectivity index (χ0) is 18.4. The van der Waals surface area contributed by atoms with Crippen LogP contribution in [-0.2, 0) is 0 Å². The van der Waals surface area contributed by atoms with Gasteiger partial charge in [-0.1, -0.05) is 60.4 Å². The maximum Gasteiger partial charge on any atom is 0.251 e. The molecule has 1 atom stereocenters. The number of nitrogens with zero attached hydrogens (tertiary/aromatic N) is 1. The average molecular weight is 351 g/mol. The quantitative estimate of drug-likeness (QED) is 0.851. The fourth-order valence-corrected chi connectivity index (χ4v) is 3.65. The Kier molecular flexibility index (Phi) is 6.45. The largest absolute Gasteiger partial charge is 0.350 e. The molecule has 2 aromatic rings. The predicted octanol–water partition coefficient (Wildman–Crippen LogP) is 4.65. The van der Waals surface area contributed by atoms with Gasteiger partial charge in [-0.15, -0.1) is 0 Å². The first kappa shape index (κ1) is 18.7. The summed E-state index contributed by atoms with van der Waals surface area (Å²) in [5.74, 6) is 0.0110. The molecule has 1 heterocycles. The number of nitrogens with one attached hydrogen (secondary N) is 1. The Balaban J connectivity index is 1.73. The molecule has 0 saturated carbocycles. The van der Waals surface area contributed by atoms with Crippen molar-refractivity contribution in [3.8, 4) is 0 Å². The van der Waals surface area contributed by atoms with Crippen molar-refractivity contribution in [3.63, 3.8) is 0 Å². The molecule has 3 rings (SSSR count). The van der Waals surface area contributed by atoms with Crippen molar-refractivity contribution in [2.45, 2.75) is 45.6 Å². The fourth-order valence-electron chi connectivity index (χ4n) is 3.65. The van der Waals surface area contributed by atoms with Crippen molar-refractivity contribution >= 4 is 5.91 Å². The molecule has 1 saturated heterocycles. The second-order valence-corrected chi connectivity index (χ2v) is 7.45. The molecule has 3 nitrogen and oxygen atoms in total. The van der Waals surface area contributed by atoms with Crippen LogP contribution in [0.1, 0.15) is 58.8 Å². The van der Waals surface area contributed by atoms with Crippen LogP contribution in [0.4, 0.5) is 0 Å². The van der Waals surface area contributed by atoms with Crippen LogP contribution < -0.4 is 5.32 Å². The van der Waals surface area contributed by atoms with Gasteiger partial charge in [-0.25, -0.2) is 0 Å². The second kappa shape index (κ2) is 9.00. The van der Waals surface area contributed by atoms with Crippen LogP contribution >= 0.6 is 0 Å². The molecule has 0 bridgehead atoms. The highest BCUT2D eigenvalue weighted by atomic mass is 16.1. The van der Waals surface area contributed by atoms with Crippen molar-refractivity contribution in [1.29, 1.82) is 0 Å². The number of aryl methyl sites for hydroxylation is 2. The van der Waals surface area contributed by atoms with Gasteiger partial charge in [0.15, 0.2) is 0 Å². The molecule has 1 fully saturated rings. The van der Waals surface area contributed by atoms with E-state index >= 15 is 0 Å². The van der Waals surface area contributed by atoms with Crippen molar-refractivity contribution in [3.05, 3.63) is 70.8 Å². The summed E-state index contributed by atoms with van der Waals surface area (Å²) in [6.45, 7) is 7.02. The average Bonchev–Trinajstić information content (AvgIpc) is 2.93. The van der Waals surface area contributed by atoms with Crippen LogP contribution in [0.3, 0.4) is 0 Å². The number of rotatable bonds is 5. The van der Waals surface area contributed by atoms with Gasteiger partial charge in [-0.2, -0.15) is 0 Å². The third-order valence-corrected chi connectivity index (χ3v) is 5.31. The minimum atomic E-state index is 0.0110. The molecule has 138 valence electrons. The van der Waals surface area contributed by atoms with Gasteiger partial charge in [0.1, 0.15) is 0 Å². The van der Waals surface area contributed by atoms with Crippen LogP contribution in [0.15, 0.2) is 48.5 Å². The molecule has 0 radical (unpaired) electrons. The summed E-state index contributed by atoms with van der Waals surface area (Å²) in [5.41, 5.74) is 4.46. The summed E-state index contributed by atoms with van der Waals surface area (Å²) in [7, 11) is 0. The van der Waals surface area contributed by atoms with Crippen LogP contribution in [-0.4, -0.2) is 30.4 Å².